The van der Waals surface area contributed by atoms with Crippen LogP contribution in [-0.4, -0.2) is 16.7 Å². The maximum atomic E-state index is 12.5. The number of fused-ring (bicyclic) bond motifs is 1. The largest absolute Gasteiger partial charge is 0.457 e. The van der Waals surface area contributed by atoms with Crippen LogP contribution >= 0.6 is 0 Å². The lowest BCUT2D eigenvalue weighted by Gasteiger charge is -2.24. The van der Waals surface area contributed by atoms with Crippen molar-refractivity contribution in [2.75, 3.05) is 0 Å². The molecule has 0 aliphatic rings. The van der Waals surface area contributed by atoms with E-state index in [1.807, 2.05) is 32.0 Å². The van der Waals surface area contributed by atoms with Gasteiger partial charge in [0.05, 0.1) is 12.0 Å². The molecule has 0 saturated heterocycles. The van der Waals surface area contributed by atoms with Gasteiger partial charge in [-0.2, -0.15) is 0 Å². The number of unbranched alkanes of at least 4 members (excludes halogenated alkanes) is 1. The van der Waals surface area contributed by atoms with Crippen LogP contribution in [0.15, 0.2) is 54.1 Å². The molecular formula is C24H32O3. The molecule has 0 aromatic heterocycles. The second-order valence-corrected chi connectivity index (χ2v) is 7.88. The summed E-state index contributed by atoms with van der Waals surface area (Å²) in [5.41, 5.74) is 1.15. The topological polar surface area (TPSA) is 46.5 Å². The van der Waals surface area contributed by atoms with E-state index in [1.54, 1.807) is 6.92 Å². The van der Waals surface area contributed by atoms with Gasteiger partial charge >= 0.3 is 5.97 Å². The summed E-state index contributed by atoms with van der Waals surface area (Å²) in [5.74, 6) is -0.351. The molecular weight excluding hydrogens is 336 g/mol. The molecule has 27 heavy (non-hydrogen) atoms. The number of hydrogen-bond acceptors (Lipinski definition) is 3. The van der Waals surface area contributed by atoms with Crippen LogP contribution in [0, 0.1) is 0 Å². The average molecular weight is 369 g/mol. The fraction of sp³-hybridized carbons (Fsp3) is 0.458. The van der Waals surface area contributed by atoms with Crippen LogP contribution < -0.4 is 0 Å². The number of esters is 1. The molecule has 0 bridgehead atoms. The van der Waals surface area contributed by atoms with Gasteiger partial charge in [-0.15, -0.1) is 0 Å². The minimum Gasteiger partial charge on any atom is -0.457 e. The van der Waals surface area contributed by atoms with Crippen LogP contribution in [0.3, 0.4) is 0 Å². The number of allylic oxidation sites excluding steroid dienone is 1. The molecule has 3 nitrogen and oxygen atoms in total. The first-order valence-electron chi connectivity index (χ1n) is 9.84. The van der Waals surface area contributed by atoms with E-state index in [1.165, 1.54) is 5.57 Å². The smallest absolute Gasteiger partial charge is 0.309 e. The van der Waals surface area contributed by atoms with Crippen molar-refractivity contribution in [3.05, 3.63) is 59.7 Å². The fourth-order valence-corrected chi connectivity index (χ4v) is 3.16. The van der Waals surface area contributed by atoms with Crippen molar-refractivity contribution in [2.24, 2.45) is 0 Å². The highest BCUT2D eigenvalue weighted by molar-refractivity contribution is 5.83. The van der Waals surface area contributed by atoms with Gasteiger partial charge in [-0.05, 0) is 49.6 Å². The fourth-order valence-electron chi connectivity index (χ4n) is 3.16. The van der Waals surface area contributed by atoms with Crippen molar-refractivity contribution < 1.29 is 14.6 Å². The molecule has 0 fully saturated rings. The molecule has 2 rings (SSSR count). The Morgan fingerprint density at radius 1 is 1.19 bits per heavy atom. The van der Waals surface area contributed by atoms with Crippen LogP contribution in [0.25, 0.3) is 10.8 Å². The van der Waals surface area contributed by atoms with Crippen LogP contribution in [-0.2, 0) is 9.53 Å². The Morgan fingerprint density at radius 2 is 1.89 bits per heavy atom. The summed E-state index contributed by atoms with van der Waals surface area (Å²) in [5, 5.41) is 12.7. The first-order chi connectivity index (χ1) is 12.8. The van der Waals surface area contributed by atoms with E-state index in [4.69, 9.17) is 4.74 Å². The highest BCUT2D eigenvalue weighted by Gasteiger charge is 2.26. The third-order valence-corrected chi connectivity index (χ3v) is 4.75. The monoisotopic (exact) mass is 368 g/mol. The third kappa shape index (κ3) is 6.84. The SMILES string of the molecule is CCCCC(C)(O)CC(=O)OC(CC=C(C)C)c1ccc2ccccc2c1. The summed E-state index contributed by atoms with van der Waals surface area (Å²) in [6.07, 6.45) is 4.88. The van der Waals surface area contributed by atoms with Crippen LogP contribution in [0.1, 0.15) is 71.5 Å². The molecule has 1 N–H and O–H groups in total. The van der Waals surface area contributed by atoms with E-state index in [0.717, 1.165) is 29.2 Å². The van der Waals surface area contributed by atoms with Gasteiger partial charge in [-0.1, -0.05) is 67.8 Å². The summed E-state index contributed by atoms with van der Waals surface area (Å²) in [6.45, 7) is 7.86. The van der Waals surface area contributed by atoms with Gasteiger partial charge in [0.15, 0.2) is 0 Å². The minimum absolute atomic E-state index is 0.0197. The van der Waals surface area contributed by atoms with E-state index in [0.29, 0.717) is 12.8 Å². The standard InChI is InChI=1S/C24H32O3/c1-5-6-15-24(4,26)17-23(25)27-22(14-11-18(2)3)21-13-12-19-9-7-8-10-20(19)16-21/h7-13,16,22,26H,5-6,14-15,17H2,1-4H3. The number of carbonyl (C=O) groups excluding carboxylic acids is 1. The molecule has 146 valence electrons. The molecule has 2 aromatic carbocycles. The Morgan fingerprint density at radius 3 is 2.56 bits per heavy atom. The van der Waals surface area contributed by atoms with Gasteiger partial charge in [-0.3, -0.25) is 4.79 Å². The van der Waals surface area contributed by atoms with Crippen molar-refractivity contribution in [1.29, 1.82) is 0 Å². The summed E-state index contributed by atoms with van der Waals surface area (Å²) >= 11 is 0. The zero-order chi connectivity index (χ0) is 19.9. The molecule has 0 amide bonds. The predicted octanol–water partition coefficient (Wildman–Crippen LogP) is 6.11. The Hall–Kier alpha value is -2.13. The van der Waals surface area contributed by atoms with Crippen molar-refractivity contribution >= 4 is 16.7 Å². The lowest BCUT2D eigenvalue weighted by molar-refractivity contribution is -0.154. The first-order valence-corrected chi connectivity index (χ1v) is 9.84. The van der Waals surface area contributed by atoms with E-state index in [9.17, 15) is 9.90 Å². The summed E-state index contributed by atoms with van der Waals surface area (Å²) < 4.78 is 5.81. The molecule has 0 aliphatic carbocycles. The van der Waals surface area contributed by atoms with E-state index >= 15 is 0 Å². The lowest BCUT2D eigenvalue weighted by Crippen LogP contribution is -2.29. The maximum absolute atomic E-state index is 12.5. The quantitative estimate of drug-likeness (QED) is 0.429. The molecule has 2 aromatic rings. The number of hydrogen-bond donors (Lipinski definition) is 1. The second-order valence-electron chi connectivity index (χ2n) is 7.88. The van der Waals surface area contributed by atoms with Gasteiger partial charge in [0.2, 0.25) is 0 Å². The average Bonchev–Trinajstić information content (AvgIpc) is 2.62. The molecule has 0 radical (unpaired) electrons. The predicted molar refractivity (Wildman–Crippen MR) is 112 cm³/mol. The molecule has 0 spiro atoms. The Balaban J connectivity index is 2.18. The van der Waals surface area contributed by atoms with Crippen LogP contribution in [0.4, 0.5) is 0 Å². The zero-order valence-electron chi connectivity index (χ0n) is 17.0. The third-order valence-electron chi connectivity index (χ3n) is 4.75. The molecule has 0 aliphatic heterocycles. The number of ether oxygens (including phenoxy) is 1. The van der Waals surface area contributed by atoms with Gasteiger partial charge in [0.1, 0.15) is 6.10 Å². The molecule has 0 saturated carbocycles. The Labute approximate surface area is 163 Å². The number of rotatable bonds is 9. The maximum Gasteiger partial charge on any atom is 0.309 e. The van der Waals surface area contributed by atoms with Crippen molar-refractivity contribution in [3.8, 4) is 0 Å². The Kier molecular flexibility index (Phi) is 7.61. The highest BCUT2D eigenvalue weighted by Crippen LogP contribution is 2.28. The number of carbonyl (C=O) groups is 1. The van der Waals surface area contributed by atoms with Crippen molar-refractivity contribution in [2.45, 2.75) is 71.5 Å². The van der Waals surface area contributed by atoms with Gasteiger partial charge in [0, 0.05) is 6.42 Å². The normalized spacial score (nSPS) is 14.4. The van der Waals surface area contributed by atoms with Gasteiger partial charge in [-0.25, -0.2) is 0 Å². The van der Waals surface area contributed by atoms with Crippen LogP contribution in [0.2, 0.25) is 0 Å². The van der Waals surface area contributed by atoms with Gasteiger partial charge in [0.25, 0.3) is 0 Å². The highest BCUT2D eigenvalue weighted by atomic mass is 16.5. The number of benzene rings is 2. The van der Waals surface area contributed by atoms with Crippen molar-refractivity contribution in [3.63, 3.8) is 0 Å². The number of aliphatic hydroxyl groups is 1. The molecule has 3 heteroatoms. The zero-order valence-corrected chi connectivity index (χ0v) is 17.0. The van der Waals surface area contributed by atoms with Crippen LogP contribution in [0.5, 0.6) is 0 Å². The Bertz CT molecular complexity index is 785. The lowest BCUT2D eigenvalue weighted by atomic mass is 9.95. The molecule has 0 heterocycles. The van der Waals surface area contributed by atoms with Crippen molar-refractivity contribution in [1.82, 2.24) is 0 Å². The molecule has 2 atom stereocenters. The molecule has 2 unspecified atom stereocenters. The summed E-state index contributed by atoms with van der Waals surface area (Å²) in [7, 11) is 0. The summed E-state index contributed by atoms with van der Waals surface area (Å²) in [4.78, 5) is 12.5. The van der Waals surface area contributed by atoms with E-state index in [-0.39, 0.29) is 18.5 Å². The van der Waals surface area contributed by atoms with E-state index < -0.39 is 5.60 Å². The first kappa shape index (κ1) is 21.2. The summed E-state index contributed by atoms with van der Waals surface area (Å²) in [6, 6.07) is 14.3. The van der Waals surface area contributed by atoms with Gasteiger partial charge < -0.3 is 9.84 Å². The minimum atomic E-state index is -1.02. The second kappa shape index (κ2) is 9.70. The van der Waals surface area contributed by atoms with E-state index in [2.05, 4.69) is 37.3 Å².